The molecule has 4 nitrogen and oxygen atoms in total. The van der Waals surface area contributed by atoms with Crippen LogP contribution in [0.2, 0.25) is 0 Å². The van der Waals surface area contributed by atoms with Crippen molar-refractivity contribution in [2.24, 2.45) is 13.0 Å². The summed E-state index contributed by atoms with van der Waals surface area (Å²) in [5.74, 6) is 0.520. The highest BCUT2D eigenvalue weighted by atomic mass is 16.3. The smallest absolute Gasteiger partial charge is 0.108 e. The predicted molar refractivity (Wildman–Crippen MR) is 53.4 cm³/mol. The van der Waals surface area contributed by atoms with E-state index in [1.807, 2.05) is 6.08 Å². The summed E-state index contributed by atoms with van der Waals surface area (Å²) in [5.41, 5.74) is 2.00. The third-order valence-corrected chi connectivity index (χ3v) is 2.53. The van der Waals surface area contributed by atoms with Crippen LogP contribution in [0.25, 0.3) is 5.57 Å². The first kappa shape index (κ1) is 9.40. The normalized spacial score (nSPS) is 27.5. The average Bonchev–Trinajstić information content (AvgIpc) is 2.50. The standard InChI is InChI=1S/C10H15N3O/c1-7-3-8(5-9(14)4-7)10-6-11-13(2)12-10/h5-7,9,14H,3-4H2,1-2H3. The molecule has 1 aliphatic rings. The van der Waals surface area contributed by atoms with E-state index < -0.39 is 0 Å². The largest absolute Gasteiger partial charge is 0.389 e. The fourth-order valence-electron chi connectivity index (χ4n) is 1.92. The second-order valence-electron chi connectivity index (χ2n) is 4.02. The molecule has 0 amide bonds. The van der Waals surface area contributed by atoms with Crippen molar-refractivity contribution in [3.8, 4) is 0 Å². The summed E-state index contributed by atoms with van der Waals surface area (Å²) < 4.78 is 0. The molecule has 2 unspecified atom stereocenters. The van der Waals surface area contributed by atoms with Gasteiger partial charge < -0.3 is 5.11 Å². The molecule has 0 saturated carbocycles. The van der Waals surface area contributed by atoms with Crippen molar-refractivity contribution in [2.75, 3.05) is 0 Å². The van der Waals surface area contributed by atoms with Crippen LogP contribution >= 0.6 is 0 Å². The Morgan fingerprint density at radius 3 is 2.93 bits per heavy atom. The third-order valence-electron chi connectivity index (χ3n) is 2.53. The van der Waals surface area contributed by atoms with Crippen LogP contribution in [0.1, 0.15) is 25.5 Å². The number of allylic oxidation sites excluding steroid dienone is 1. The van der Waals surface area contributed by atoms with E-state index in [4.69, 9.17) is 0 Å². The summed E-state index contributed by atoms with van der Waals surface area (Å²) >= 11 is 0. The van der Waals surface area contributed by atoms with Gasteiger partial charge in [0.05, 0.1) is 12.3 Å². The van der Waals surface area contributed by atoms with Crippen molar-refractivity contribution >= 4 is 5.57 Å². The second-order valence-corrected chi connectivity index (χ2v) is 4.02. The maximum atomic E-state index is 9.59. The monoisotopic (exact) mass is 193 g/mol. The van der Waals surface area contributed by atoms with E-state index in [-0.39, 0.29) is 6.10 Å². The highest BCUT2D eigenvalue weighted by Crippen LogP contribution is 2.29. The first-order valence-corrected chi connectivity index (χ1v) is 4.90. The molecule has 1 aromatic heterocycles. The van der Waals surface area contributed by atoms with Gasteiger partial charge in [-0.2, -0.15) is 15.0 Å². The lowest BCUT2D eigenvalue weighted by molar-refractivity contribution is 0.185. The minimum Gasteiger partial charge on any atom is -0.389 e. The fraction of sp³-hybridized carbons (Fsp3) is 0.600. The lowest BCUT2D eigenvalue weighted by atomic mass is 9.87. The molecule has 1 N–H and O–H groups in total. The van der Waals surface area contributed by atoms with Gasteiger partial charge in [-0.05, 0) is 24.3 Å². The molecule has 0 aliphatic heterocycles. The number of aryl methyl sites for hydroxylation is 1. The fourth-order valence-corrected chi connectivity index (χ4v) is 1.92. The van der Waals surface area contributed by atoms with Crippen LogP contribution in [0.4, 0.5) is 0 Å². The first-order chi connectivity index (χ1) is 6.65. The number of aliphatic hydroxyl groups excluding tert-OH is 1. The van der Waals surface area contributed by atoms with Crippen molar-refractivity contribution in [3.05, 3.63) is 18.0 Å². The summed E-state index contributed by atoms with van der Waals surface area (Å²) in [5, 5.41) is 17.8. The number of rotatable bonds is 1. The highest BCUT2D eigenvalue weighted by Gasteiger charge is 2.19. The van der Waals surface area contributed by atoms with Crippen LogP contribution in [0.5, 0.6) is 0 Å². The maximum Gasteiger partial charge on any atom is 0.108 e. The third kappa shape index (κ3) is 1.85. The van der Waals surface area contributed by atoms with E-state index >= 15 is 0 Å². The van der Waals surface area contributed by atoms with Crippen molar-refractivity contribution < 1.29 is 5.11 Å². The minimum atomic E-state index is -0.323. The van der Waals surface area contributed by atoms with Gasteiger partial charge in [0.15, 0.2) is 0 Å². The molecule has 0 spiro atoms. The van der Waals surface area contributed by atoms with Gasteiger partial charge in [-0.3, -0.25) is 0 Å². The molecule has 1 heterocycles. The molecule has 0 aromatic carbocycles. The van der Waals surface area contributed by atoms with Gasteiger partial charge in [0.1, 0.15) is 5.69 Å². The van der Waals surface area contributed by atoms with Crippen LogP contribution in [0, 0.1) is 5.92 Å². The Hall–Kier alpha value is -1.16. The summed E-state index contributed by atoms with van der Waals surface area (Å²) in [6.07, 6.45) is 5.15. The van der Waals surface area contributed by atoms with Gasteiger partial charge in [0.2, 0.25) is 0 Å². The van der Waals surface area contributed by atoms with Crippen molar-refractivity contribution in [2.45, 2.75) is 25.9 Å². The Morgan fingerprint density at radius 2 is 2.36 bits per heavy atom. The van der Waals surface area contributed by atoms with Crippen molar-refractivity contribution in [3.63, 3.8) is 0 Å². The molecule has 0 radical (unpaired) electrons. The quantitative estimate of drug-likeness (QED) is 0.723. The molecule has 0 saturated heterocycles. The Kier molecular flexibility index (Phi) is 2.37. The molecule has 2 rings (SSSR count). The van der Waals surface area contributed by atoms with E-state index in [2.05, 4.69) is 17.1 Å². The Morgan fingerprint density at radius 1 is 1.57 bits per heavy atom. The summed E-state index contributed by atoms with van der Waals surface area (Å²) in [7, 11) is 1.80. The number of hydrogen-bond acceptors (Lipinski definition) is 3. The first-order valence-electron chi connectivity index (χ1n) is 4.90. The molecule has 1 aliphatic carbocycles. The summed E-state index contributed by atoms with van der Waals surface area (Å²) in [4.78, 5) is 1.54. The number of aliphatic hydroxyl groups is 1. The zero-order valence-corrected chi connectivity index (χ0v) is 8.51. The van der Waals surface area contributed by atoms with Crippen LogP contribution in [0.15, 0.2) is 12.3 Å². The van der Waals surface area contributed by atoms with Crippen LogP contribution in [-0.4, -0.2) is 26.2 Å². The van der Waals surface area contributed by atoms with Gasteiger partial charge in [0.25, 0.3) is 0 Å². The molecule has 1 aromatic rings. The van der Waals surface area contributed by atoms with Gasteiger partial charge in [-0.25, -0.2) is 0 Å². The highest BCUT2D eigenvalue weighted by molar-refractivity contribution is 5.63. The van der Waals surface area contributed by atoms with Crippen LogP contribution in [0.3, 0.4) is 0 Å². The van der Waals surface area contributed by atoms with E-state index in [1.165, 1.54) is 0 Å². The zero-order valence-electron chi connectivity index (χ0n) is 8.51. The minimum absolute atomic E-state index is 0.323. The number of aromatic nitrogens is 3. The zero-order chi connectivity index (χ0) is 10.1. The molecule has 14 heavy (non-hydrogen) atoms. The summed E-state index contributed by atoms with van der Waals surface area (Å²) in [6, 6.07) is 0. The van der Waals surface area contributed by atoms with Crippen LogP contribution < -0.4 is 0 Å². The molecular weight excluding hydrogens is 178 g/mol. The van der Waals surface area contributed by atoms with Crippen molar-refractivity contribution in [1.82, 2.24) is 15.0 Å². The van der Waals surface area contributed by atoms with Gasteiger partial charge >= 0.3 is 0 Å². The molecule has 4 heteroatoms. The lowest BCUT2D eigenvalue weighted by Gasteiger charge is -2.21. The Balaban J connectivity index is 2.25. The molecule has 2 atom stereocenters. The molecule has 76 valence electrons. The van der Waals surface area contributed by atoms with E-state index in [0.29, 0.717) is 5.92 Å². The maximum absolute atomic E-state index is 9.59. The van der Waals surface area contributed by atoms with E-state index in [0.717, 1.165) is 24.1 Å². The molecular formula is C10H15N3O. The summed E-state index contributed by atoms with van der Waals surface area (Å²) in [6.45, 7) is 2.15. The number of hydrogen-bond donors (Lipinski definition) is 1. The average molecular weight is 193 g/mol. The molecule has 0 fully saturated rings. The SMILES string of the molecule is CC1CC(c2cnn(C)n2)=CC(O)C1. The lowest BCUT2D eigenvalue weighted by Crippen LogP contribution is -2.15. The van der Waals surface area contributed by atoms with Gasteiger partial charge in [-0.15, -0.1) is 0 Å². The van der Waals surface area contributed by atoms with E-state index in [9.17, 15) is 5.11 Å². The Bertz CT molecular complexity index is 356. The van der Waals surface area contributed by atoms with Crippen LogP contribution in [-0.2, 0) is 7.05 Å². The molecule has 0 bridgehead atoms. The van der Waals surface area contributed by atoms with E-state index in [1.54, 1.807) is 18.0 Å². The number of nitrogens with zero attached hydrogens (tertiary/aromatic N) is 3. The predicted octanol–water partition coefficient (Wildman–Crippen LogP) is 0.989. The van der Waals surface area contributed by atoms with Gasteiger partial charge in [-0.1, -0.05) is 13.0 Å². The van der Waals surface area contributed by atoms with Crippen molar-refractivity contribution in [1.29, 1.82) is 0 Å². The van der Waals surface area contributed by atoms with Gasteiger partial charge in [0, 0.05) is 7.05 Å². The second kappa shape index (κ2) is 3.53. The topological polar surface area (TPSA) is 50.9 Å². The Labute approximate surface area is 83.2 Å².